The largest absolute Gasteiger partial charge is 0.487 e. The van der Waals surface area contributed by atoms with Crippen LogP contribution in [0.5, 0.6) is 5.75 Å². The zero-order valence-corrected chi connectivity index (χ0v) is 12.2. The van der Waals surface area contributed by atoms with Gasteiger partial charge in [-0.25, -0.2) is 0 Å². The molecule has 2 N–H and O–H groups in total. The fourth-order valence-corrected chi connectivity index (χ4v) is 3.19. The topological polar surface area (TPSA) is 93.5 Å². The number of nitrogens with one attached hydrogen (secondary N) is 2. The van der Waals surface area contributed by atoms with Gasteiger partial charge in [0.25, 0.3) is 11.6 Å². The molecule has 0 bridgehead atoms. The van der Waals surface area contributed by atoms with E-state index in [9.17, 15) is 14.9 Å². The molecule has 1 unspecified atom stereocenters. The van der Waals surface area contributed by atoms with Gasteiger partial charge in [0.1, 0.15) is 11.4 Å². The summed E-state index contributed by atoms with van der Waals surface area (Å²) in [6, 6.07) is 4.25. The summed E-state index contributed by atoms with van der Waals surface area (Å²) in [5.41, 5.74) is -1.38. The number of nitrogens with zero attached hydrogens (tertiary/aromatic N) is 1. The minimum atomic E-state index is -1.12. The van der Waals surface area contributed by atoms with Crippen LogP contribution in [0.2, 0.25) is 0 Å². The van der Waals surface area contributed by atoms with Gasteiger partial charge in [0.05, 0.1) is 4.92 Å². The van der Waals surface area contributed by atoms with Crippen molar-refractivity contribution in [3.8, 4) is 5.75 Å². The SMILES string of the molecule is CC1(C)CC2(NC(=S)NC2=O)c2cc([N+](=O)[O-])ccc2O1. The average Bonchev–Trinajstić information content (AvgIpc) is 2.62. The molecule has 1 amide bonds. The van der Waals surface area contributed by atoms with Crippen LogP contribution in [-0.2, 0) is 10.3 Å². The minimum Gasteiger partial charge on any atom is -0.487 e. The fraction of sp³-hybridized carbons (Fsp3) is 0.385. The Kier molecular flexibility index (Phi) is 2.71. The van der Waals surface area contributed by atoms with E-state index in [1.54, 1.807) is 0 Å². The fourth-order valence-electron chi connectivity index (χ4n) is 2.93. The Bertz CT molecular complexity index is 688. The molecular formula is C13H13N3O4S. The van der Waals surface area contributed by atoms with E-state index in [0.717, 1.165) is 0 Å². The summed E-state index contributed by atoms with van der Waals surface area (Å²) in [4.78, 5) is 22.9. The highest BCUT2D eigenvalue weighted by Crippen LogP contribution is 2.46. The molecule has 0 saturated carbocycles. The first-order valence-corrected chi connectivity index (χ1v) is 6.76. The third-order valence-corrected chi connectivity index (χ3v) is 3.86. The van der Waals surface area contributed by atoms with Crippen LogP contribution in [0.3, 0.4) is 0 Å². The van der Waals surface area contributed by atoms with E-state index < -0.39 is 16.1 Å². The number of nitro groups is 1. The number of hydrogen-bond acceptors (Lipinski definition) is 5. The number of carbonyl (C=O) groups excluding carboxylic acids is 1. The van der Waals surface area contributed by atoms with Crippen molar-refractivity contribution < 1.29 is 14.5 Å². The lowest BCUT2D eigenvalue weighted by atomic mass is 9.77. The Morgan fingerprint density at radius 2 is 2.14 bits per heavy atom. The monoisotopic (exact) mass is 307 g/mol. The zero-order valence-electron chi connectivity index (χ0n) is 11.4. The molecule has 0 radical (unpaired) electrons. The summed E-state index contributed by atoms with van der Waals surface area (Å²) in [7, 11) is 0. The Morgan fingerprint density at radius 3 is 2.71 bits per heavy atom. The summed E-state index contributed by atoms with van der Waals surface area (Å²) in [6.45, 7) is 3.71. The highest BCUT2D eigenvalue weighted by molar-refractivity contribution is 7.80. The van der Waals surface area contributed by atoms with E-state index in [4.69, 9.17) is 17.0 Å². The van der Waals surface area contributed by atoms with Crippen LogP contribution in [-0.4, -0.2) is 21.5 Å². The Labute approximate surface area is 125 Å². The van der Waals surface area contributed by atoms with Crippen molar-refractivity contribution in [2.24, 2.45) is 0 Å². The van der Waals surface area contributed by atoms with Gasteiger partial charge in [0.2, 0.25) is 0 Å². The lowest BCUT2D eigenvalue weighted by molar-refractivity contribution is -0.385. The lowest BCUT2D eigenvalue weighted by Gasteiger charge is -2.42. The predicted octanol–water partition coefficient (Wildman–Crippen LogP) is 1.36. The maximum Gasteiger partial charge on any atom is 0.270 e. The van der Waals surface area contributed by atoms with Crippen LogP contribution >= 0.6 is 12.2 Å². The van der Waals surface area contributed by atoms with Gasteiger partial charge in [0.15, 0.2) is 10.7 Å². The van der Waals surface area contributed by atoms with Gasteiger partial charge in [-0.15, -0.1) is 0 Å². The minimum absolute atomic E-state index is 0.0937. The van der Waals surface area contributed by atoms with E-state index in [1.165, 1.54) is 18.2 Å². The first-order valence-electron chi connectivity index (χ1n) is 6.35. The molecule has 3 rings (SSSR count). The number of ether oxygens (including phenoxy) is 1. The second kappa shape index (κ2) is 4.14. The van der Waals surface area contributed by atoms with Crippen LogP contribution in [0.1, 0.15) is 25.8 Å². The van der Waals surface area contributed by atoms with Crippen LogP contribution in [0.15, 0.2) is 18.2 Å². The molecule has 1 aromatic carbocycles. The normalized spacial score (nSPS) is 25.8. The number of rotatable bonds is 1. The van der Waals surface area contributed by atoms with E-state index >= 15 is 0 Å². The van der Waals surface area contributed by atoms with E-state index in [2.05, 4.69) is 10.6 Å². The average molecular weight is 307 g/mol. The van der Waals surface area contributed by atoms with E-state index in [1.807, 2.05) is 13.8 Å². The molecule has 1 spiro atoms. The summed E-state index contributed by atoms with van der Waals surface area (Å²) in [5.74, 6) is 0.134. The predicted molar refractivity (Wildman–Crippen MR) is 78.0 cm³/mol. The first kappa shape index (κ1) is 13.7. The van der Waals surface area contributed by atoms with Gasteiger partial charge in [0, 0.05) is 24.1 Å². The molecule has 110 valence electrons. The van der Waals surface area contributed by atoms with E-state index in [-0.39, 0.29) is 16.7 Å². The van der Waals surface area contributed by atoms with Gasteiger partial charge in [-0.1, -0.05) is 0 Å². The Hall–Kier alpha value is -2.22. The highest BCUT2D eigenvalue weighted by atomic mass is 32.1. The van der Waals surface area contributed by atoms with Gasteiger partial charge in [-0.05, 0) is 32.1 Å². The lowest BCUT2D eigenvalue weighted by Crippen LogP contribution is -2.53. The van der Waals surface area contributed by atoms with Crippen LogP contribution in [0.25, 0.3) is 0 Å². The van der Waals surface area contributed by atoms with Crippen molar-refractivity contribution in [1.29, 1.82) is 0 Å². The highest BCUT2D eigenvalue weighted by Gasteiger charge is 2.54. The van der Waals surface area contributed by atoms with Crippen molar-refractivity contribution in [1.82, 2.24) is 10.6 Å². The van der Waals surface area contributed by atoms with Gasteiger partial charge >= 0.3 is 0 Å². The molecule has 1 aromatic rings. The van der Waals surface area contributed by atoms with Crippen molar-refractivity contribution in [2.75, 3.05) is 0 Å². The van der Waals surface area contributed by atoms with Gasteiger partial charge in [-0.2, -0.15) is 0 Å². The van der Waals surface area contributed by atoms with Crippen molar-refractivity contribution >= 4 is 28.9 Å². The van der Waals surface area contributed by atoms with Crippen molar-refractivity contribution in [3.05, 3.63) is 33.9 Å². The second-order valence-corrected chi connectivity index (χ2v) is 6.20. The second-order valence-electron chi connectivity index (χ2n) is 5.79. The smallest absolute Gasteiger partial charge is 0.270 e. The quantitative estimate of drug-likeness (QED) is 0.462. The summed E-state index contributed by atoms with van der Waals surface area (Å²) < 4.78 is 5.84. The summed E-state index contributed by atoms with van der Waals surface area (Å²) in [5, 5.41) is 16.7. The molecular weight excluding hydrogens is 294 g/mol. The zero-order chi connectivity index (χ0) is 15.4. The molecule has 2 aliphatic heterocycles. The maximum atomic E-state index is 12.4. The number of non-ortho nitro benzene ring substituents is 1. The Morgan fingerprint density at radius 1 is 1.43 bits per heavy atom. The molecule has 1 saturated heterocycles. The molecule has 0 aromatic heterocycles. The third kappa shape index (κ3) is 2.02. The number of nitro benzene ring substituents is 1. The van der Waals surface area contributed by atoms with Gasteiger partial charge < -0.3 is 15.4 Å². The molecule has 7 nitrogen and oxygen atoms in total. The van der Waals surface area contributed by atoms with Crippen LogP contribution < -0.4 is 15.4 Å². The first-order chi connectivity index (χ1) is 9.73. The number of amides is 1. The number of carbonyl (C=O) groups is 1. The Balaban J connectivity index is 2.23. The molecule has 1 fully saturated rings. The number of fused-ring (bicyclic) bond motifs is 2. The summed E-state index contributed by atoms with van der Waals surface area (Å²) >= 11 is 5.02. The number of thiocarbonyl (C=S) groups is 1. The molecule has 0 aliphatic carbocycles. The molecule has 8 heteroatoms. The third-order valence-electron chi connectivity index (χ3n) is 3.65. The standard InChI is InChI=1S/C13H13N3O4S/c1-12(2)6-13(10(17)14-11(21)15-13)8-5-7(16(18)19)3-4-9(8)20-12/h3-5H,6H2,1-2H3,(H2,14,15,17,21). The molecule has 2 aliphatic rings. The number of benzene rings is 1. The molecule has 1 atom stereocenters. The van der Waals surface area contributed by atoms with Crippen LogP contribution in [0.4, 0.5) is 5.69 Å². The molecule has 21 heavy (non-hydrogen) atoms. The van der Waals surface area contributed by atoms with Crippen molar-refractivity contribution in [2.45, 2.75) is 31.4 Å². The van der Waals surface area contributed by atoms with E-state index in [0.29, 0.717) is 17.7 Å². The molecule has 2 heterocycles. The van der Waals surface area contributed by atoms with Gasteiger partial charge in [-0.3, -0.25) is 14.9 Å². The van der Waals surface area contributed by atoms with Crippen LogP contribution in [0, 0.1) is 10.1 Å². The number of hydrogen-bond donors (Lipinski definition) is 2. The maximum absolute atomic E-state index is 12.4. The van der Waals surface area contributed by atoms with Crippen molar-refractivity contribution in [3.63, 3.8) is 0 Å². The summed E-state index contributed by atoms with van der Waals surface area (Å²) in [6.07, 6.45) is 0.320.